The summed E-state index contributed by atoms with van der Waals surface area (Å²) in [5.74, 6) is 1.60. The molecule has 4 heteroatoms. The summed E-state index contributed by atoms with van der Waals surface area (Å²) in [4.78, 5) is 0. The summed E-state index contributed by atoms with van der Waals surface area (Å²) >= 11 is 3.53. The van der Waals surface area contributed by atoms with E-state index in [0.717, 1.165) is 40.9 Å². The van der Waals surface area contributed by atoms with Crippen molar-refractivity contribution >= 4 is 21.6 Å². The molecule has 21 heavy (non-hydrogen) atoms. The van der Waals surface area contributed by atoms with Gasteiger partial charge in [0.1, 0.15) is 0 Å². The van der Waals surface area contributed by atoms with Crippen molar-refractivity contribution < 1.29 is 9.47 Å². The van der Waals surface area contributed by atoms with Gasteiger partial charge in [-0.3, -0.25) is 0 Å². The first-order valence-electron chi connectivity index (χ1n) is 7.17. The van der Waals surface area contributed by atoms with Gasteiger partial charge in [0.2, 0.25) is 6.79 Å². The molecule has 3 nitrogen and oxygen atoms in total. The molecule has 1 heterocycles. The third kappa shape index (κ3) is 3.16. The van der Waals surface area contributed by atoms with Gasteiger partial charge in [-0.05, 0) is 51.7 Å². The van der Waals surface area contributed by atoms with Crippen molar-refractivity contribution in [2.24, 2.45) is 0 Å². The zero-order chi connectivity index (χ0) is 14.7. The van der Waals surface area contributed by atoms with Crippen LogP contribution in [0.5, 0.6) is 11.5 Å². The standard InChI is InChI=1S/C17H18BrNO2/c1-2-5-13-6-3-4-7-15(13)19-10-12-8-14(18)17-16(9-12)20-11-21-17/h3-4,6-9,19H,2,5,10-11H2,1H3. The second kappa shape index (κ2) is 6.39. The molecular formula is C17H18BrNO2. The predicted octanol–water partition coefficient (Wildman–Crippen LogP) is 4.74. The molecule has 0 atom stereocenters. The molecule has 1 aliphatic rings. The van der Waals surface area contributed by atoms with E-state index in [-0.39, 0.29) is 0 Å². The first-order chi connectivity index (χ1) is 10.3. The van der Waals surface area contributed by atoms with Gasteiger partial charge in [0.15, 0.2) is 11.5 Å². The highest BCUT2D eigenvalue weighted by Gasteiger charge is 2.17. The van der Waals surface area contributed by atoms with Crippen molar-refractivity contribution in [2.45, 2.75) is 26.3 Å². The van der Waals surface area contributed by atoms with Crippen molar-refractivity contribution in [3.05, 3.63) is 52.0 Å². The minimum atomic E-state index is 0.296. The summed E-state index contributed by atoms with van der Waals surface area (Å²) in [7, 11) is 0. The third-order valence-corrected chi connectivity index (χ3v) is 4.10. The molecule has 0 unspecified atom stereocenters. The number of aryl methyl sites for hydroxylation is 1. The Morgan fingerprint density at radius 2 is 2.05 bits per heavy atom. The monoisotopic (exact) mass is 347 g/mol. The number of fused-ring (bicyclic) bond motifs is 1. The molecule has 3 rings (SSSR count). The Morgan fingerprint density at radius 1 is 1.19 bits per heavy atom. The second-order valence-corrected chi connectivity index (χ2v) is 5.93. The average Bonchev–Trinajstić information content (AvgIpc) is 2.96. The van der Waals surface area contributed by atoms with Crippen molar-refractivity contribution in [1.29, 1.82) is 0 Å². The van der Waals surface area contributed by atoms with Crippen LogP contribution < -0.4 is 14.8 Å². The number of hydrogen-bond acceptors (Lipinski definition) is 3. The fourth-order valence-corrected chi connectivity index (χ4v) is 3.10. The van der Waals surface area contributed by atoms with E-state index in [2.05, 4.69) is 58.5 Å². The number of hydrogen-bond donors (Lipinski definition) is 1. The normalized spacial score (nSPS) is 12.5. The highest BCUT2D eigenvalue weighted by molar-refractivity contribution is 9.10. The molecule has 1 N–H and O–H groups in total. The number of nitrogens with one attached hydrogen (secondary N) is 1. The van der Waals surface area contributed by atoms with Gasteiger partial charge >= 0.3 is 0 Å². The van der Waals surface area contributed by atoms with Crippen LogP contribution >= 0.6 is 15.9 Å². The molecule has 0 amide bonds. The van der Waals surface area contributed by atoms with E-state index in [0.29, 0.717) is 6.79 Å². The van der Waals surface area contributed by atoms with Gasteiger partial charge in [0, 0.05) is 12.2 Å². The number of benzene rings is 2. The zero-order valence-corrected chi connectivity index (χ0v) is 13.6. The van der Waals surface area contributed by atoms with Crippen LogP contribution in [0.1, 0.15) is 24.5 Å². The van der Waals surface area contributed by atoms with Crippen LogP contribution in [0.2, 0.25) is 0 Å². The van der Waals surface area contributed by atoms with Crippen LogP contribution in [-0.4, -0.2) is 6.79 Å². The molecule has 1 aliphatic heterocycles. The van der Waals surface area contributed by atoms with E-state index in [1.54, 1.807) is 0 Å². The van der Waals surface area contributed by atoms with E-state index in [1.165, 1.54) is 11.3 Å². The van der Waals surface area contributed by atoms with E-state index in [4.69, 9.17) is 9.47 Å². The molecular weight excluding hydrogens is 330 g/mol. The highest BCUT2D eigenvalue weighted by atomic mass is 79.9. The Bertz CT molecular complexity index is 643. The van der Waals surface area contributed by atoms with Crippen molar-refractivity contribution in [2.75, 3.05) is 12.1 Å². The Balaban J connectivity index is 1.75. The van der Waals surface area contributed by atoms with Crippen LogP contribution in [0.25, 0.3) is 0 Å². The lowest BCUT2D eigenvalue weighted by Gasteiger charge is -2.12. The number of para-hydroxylation sites is 1. The van der Waals surface area contributed by atoms with Gasteiger partial charge in [-0.15, -0.1) is 0 Å². The van der Waals surface area contributed by atoms with Gasteiger partial charge in [0.25, 0.3) is 0 Å². The number of anilines is 1. The highest BCUT2D eigenvalue weighted by Crippen LogP contribution is 2.40. The fraction of sp³-hybridized carbons (Fsp3) is 0.294. The quantitative estimate of drug-likeness (QED) is 0.846. The maximum Gasteiger partial charge on any atom is 0.231 e. The molecule has 0 fully saturated rings. The molecule has 0 spiro atoms. The minimum Gasteiger partial charge on any atom is -0.454 e. The van der Waals surface area contributed by atoms with Crippen LogP contribution in [-0.2, 0) is 13.0 Å². The lowest BCUT2D eigenvalue weighted by molar-refractivity contribution is 0.173. The molecule has 0 aromatic heterocycles. The average molecular weight is 348 g/mol. The molecule has 0 radical (unpaired) electrons. The molecule has 2 aromatic rings. The largest absolute Gasteiger partial charge is 0.454 e. The van der Waals surface area contributed by atoms with Crippen molar-refractivity contribution in [3.63, 3.8) is 0 Å². The van der Waals surface area contributed by atoms with Gasteiger partial charge in [-0.1, -0.05) is 31.5 Å². The molecule has 0 bridgehead atoms. The SMILES string of the molecule is CCCc1ccccc1NCc1cc(Br)c2c(c1)OCO2. The summed E-state index contributed by atoms with van der Waals surface area (Å²) in [5.41, 5.74) is 3.73. The second-order valence-electron chi connectivity index (χ2n) is 5.07. The van der Waals surface area contributed by atoms with Crippen LogP contribution in [0, 0.1) is 0 Å². The first-order valence-corrected chi connectivity index (χ1v) is 7.97. The molecule has 0 saturated carbocycles. The summed E-state index contributed by atoms with van der Waals surface area (Å²) in [6.07, 6.45) is 2.24. The van der Waals surface area contributed by atoms with Gasteiger partial charge in [-0.2, -0.15) is 0 Å². The maximum atomic E-state index is 5.45. The number of rotatable bonds is 5. The summed E-state index contributed by atoms with van der Waals surface area (Å²) < 4.78 is 11.8. The summed E-state index contributed by atoms with van der Waals surface area (Å²) in [6, 6.07) is 12.6. The molecule has 110 valence electrons. The van der Waals surface area contributed by atoms with E-state index < -0.39 is 0 Å². The summed E-state index contributed by atoms with van der Waals surface area (Å²) in [6.45, 7) is 3.26. The molecule has 0 aliphatic carbocycles. The predicted molar refractivity (Wildman–Crippen MR) is 88.0 cm³/mol. The Hall–Kier alpha value is -1.68. The summed E-state index contributed by atoms with van der Waals surface area (Å²) in [5, 5.41) is 3.52. The number of halogens is 1. The Morgan fingerprint density at radius 3 is 2.90 bits per heavy atom. The van der Waals surface area contributed by atoms with Crippen LogP contribution in [0.15, 0.2) is 40.9 Å². The van der Waals surface area contributed by atoms with E-state index in [1.807, 2.05) is 6.07 Å². The fourth-order valence-electron chi connectivity index (χ4n) is 2.50. The Kier molecular flexibility index (Phi) is 4.34. The van der Waals surface area contributed by atoms with Crippen molar-refractivity contribution in [1.82, 2.24) is 0 Å². The zero-order valence-electron chi connectivity index (χ0n) is 12.0. The van der Waals surface area contributed by atoms with E-state index >= 15 is 0 Å². The van der Waals surface area contributed by atoms with Gasteiger partial charge in [-0.25, -0.2) is 0 Å². The molecule has 0 saturated heterocycles. The van der Waals surface area contributed by atoms with Crippen LogP contribution in [0.3, 0.4) is 0 Å². The van der Waals surface area contributed by atoms with Crippen LogP contribution in [0.4, 0.5) is 5.69 Å². The smallest absolute Gasteiger partial charge is 0.231 e. The Labute approximate surface area is 133 Å². The van der Waals surface area contributed by atoms with Crippen molar-refractivity contribution in [3.8, 4) is 11.5 Å². The van der Waals surface area contributed by atoms with E-state index in [9.17, 15) is 0 Å². The first kappa shape index (κ1) is 14.3. The maximum absolute atomic E-state index is 5.45. The third-order valence-electron chi connectivity index (χ3n) is 3.51. The lowest BCUT2D eigenvalue weighted by atomic mass is 10.1. The minimum absolute atomic E-state index is 0.296. The van der Waals surface area contributed by atoms with Gasteiger partial charge < -0.3 is 14.8 Å². The number of ether oxygens (including phenoxy) is 2. The van der Waals surface area contributed by atoms with Gasteiger partial charge in [0.05, 0.1) is 4.47 Å². The molecule has 2 aromatic carbocycles. The lowest BCUT2D eigenvalue weighted by Crippen LogP contribution is -2.02. The topological polar surface area (TPSA) is 30.5 Å².